The highest BCUT2D eigenvalue weighted by atomic mass is 32.2. The summed E-state index contributed by atoms with van der Waals surface area (Å²) in [4.78, 5) is 14.5. The molecule has 2 atom stereocenters. The van der Waals surface area contributed by atoms with Crippen molar-refractivity contribution in [1.82, 2.24) is 15.1 Å². The van der Waals surface area contributed by atoms with Crippen LogP contribution in [-0.4, -0.2) is 58.6 Å². The second-order valence-electron chi connectivity index (χ2n) is 6.32. The topological polar surface area (TPSA) is 67.4 Å². The molecule has 8 heteroatoms. The van der Waals surface area contributed by atoms with Crippen LogP contribution in [0.2, 0.25) is 0 Å². The highest BCUT2D eigenvalue weighted by Gasteiger charge is 2.25. The molecule has 2 aliphatic rings. The van der Waals surface area contributed by atoms with E-state index >= 15 is 0 Å². The highest BCUT2D eigenvalue weighted by molar-refractivity contribution is 8.01. The van der Waals surface area contributed by atoms with Crippen LogP contribution in [0, 0.1) is 0 Å². The summed E-state index contributed by atoms with van der Waals surface area (Å²) in [6.45, 7) is 4.72. The van der Waals surface area contributed by atoms with Crippen LogP contribution >= 0.6 is 23.1 Å². The maximum atomic E-state index is 12.5. The molecule has 1 aromatic heterocycles. The van der Waals surface area contributed by atoms with Crippen molar-refractivity contribution in [2.75, 3.05) is 30.8 Å². The number of likely N-dealkylation sites (tertiary alicyclic amines) is 1. The maximum Gasteiger partial charge on any atom is 0.233 e. The molecule has 2 aliphatic heterocycles. The number of carbonyl (C=O) groups is 1. The molecule has 1 amide bonds. The fourth-order valence-corrected chi connectivity index (χ4v) is 4.95. The third-order valence-electron chi connectivity index (χ3n) is 4.65. The average Bonchev–Trinajstić information content (AvgIpc) is 3.29. The molecular formula is C16H26N4O2S2. The van der Waals surface area contributed by atoms with Gasteiger partial charge in [-0.2, -0.15) is 0 Å². The van der Waals surface area contributed by atoms with Crippen molar-refractivity contribution in [3.05, 3.63) is 0 Å². The van der Waals surface area contributed by atoms with E-state index in [1.807, 2.05) is 0 Å². The van der Waals surface area contributed by atoms with Gasteiger partial charge in [0.1, 0.15) is 0 Å². The lowest BCUT2D eigenvalue weighted by molar-refractivity contribution is -0.132. The lowest BCUT2D eigenvalue weighted by atomic mass is 10.0. The Morgan fingerprint density at radius 3 is 3.08 bits per heavy atom. The van der Waals surface area contributed by atoms with E-state index in [-0.39, 0.29) is 12.0 Å². The maximum absolute atomic E-state index is 12.5. The van der Waals surface area contributed by atoms with Crippen molar-refractivity contribution in [3.63, 3.8) is 0 Å². The number of carbonyl (C=O) groups excluding carboxylic acids is 1. The highest BCUT2D eigenvalue weighted by Crippen LogP contribution is 2.27. The van der Waals surface area contributed by atoms with Gasteiger partial charge in [0.25, 0.3) is 0 Å². The Morgan fingerprint density at radius 1 is 1.38 bits per heavy atom. The van der Waals surface area contributed by atoms with E-state index in [9.17, 15) is 4.79 Å². The first-order valence-corrected chi connectivity index (χ1v) is 10.7. The van der Waals surface area contributed by atoms with Crippen molar-refractivity contribution in [3.8, 4) is 0 Å². The molecule has 3 heterocycles. The van der Waals surface area contributed by atoms with E-state index in [0.29, 0.717) is 11.8 Å². The lowest BCUT2D eigenvalue weighted by Crippen LogP contribution is -2.44. The van der Waals surface area contributed by atoms with Gasteiger partial charge in [-0.15, -0.1) is 10.2 Å². The molecule has 0 saturated carbocycles. The number of hydrogen-bond donors (Lipinski definition) is 1. The van der Waals surface area contributed by atoms with Crippen molar-refractivity contribution in [2.24, 2.45) is 0 Å². The molecule has 0 aromatic carbocycles. The van der Waals surface area contributed by atoms with E-state index in [4.69, 9.17) is 4.74 Å². The Hall–Kier alpha value is -0.860. The zero-order valence-electron chi connectivity index (χ0n) is 14.2. The number of thioether (sulfide) groups is 1. The quantitative estimate of drug-likeness (QED) is 0.744. The van der Waals surface area contributed by atoms with Crippen LogP contribution in [-0.2, 0) is 9.53 Å². The largest absolute Gasteiger partial charge is 0.376 e. The molecule has 0 aliphatic carbocycles. The summed E-state index contributed by atoms with van der Waals surface area (Å²) in [6, 6.07) is 0.421. The first kappa shape index (κ1) is 17.9. The van der Waals surface area contributed by atoms with Crippen LogP contribution < -0.4 is 5.32 Å². The van der Waals surface area contributed by atoms with Crippen LogP contribution in [0.25, 0.3) is 0 Å². The van der Waals surface area contributed by atoms with Gasteiger partial charge in [-0.25, -0.2) is 0 Å². The number of nitrogens with zero attached hydrogens (tertiary/aromatic N) is 3. The Bertz CT molecular complexity index is 534. The molecule has 1 N–H and O–H groups in total. The second kappa shape index (κ2) is 9.01. The van der Waals surface area contributed by atoms with Gasteiger partial charge >= 0.3 is 0 Å². The second-order valence-corrected chi connectivity index (χ2v) is 8.52. The lowest BCUT2D eigenvalue weighted by Gasteiger charge is -2.35. The minimum atomic E-state index is 0.232. The summed E-state index contributed by atoms with van der Waals surface area (Å²) in [5.74, 6) is 0.687. The molecule has 6 nitrogen and oxygen atoms in total. The van der Waals surface area contributed by atoms with Gasteiger partial charge in [-0.05, 0) is 38.5 Å². The summed E-state index contributed by atoms with van der Waals surface area (Å²) in [7, 11) is 0. The van der Waals surface area contributed by atoms with Crippen molar-refractivity contribution in [1.29, 1.82) is 0 Å². The van der Waals surface area contributed by atoms with Gasteiger partial charge in [0.2, 0.25) is 11.0 Å². The van der Waals surface area contributed by atoms with Gasteiger partial charge in [0.05, 0.1) is 11.9 Å². The first-order valence-electron chi connectivity index (χ1n) is 8.87. The third kappa shape index (κ3) is 4.83. The summed E-state index contributed by atoms with van der Waals surface area (Å²) in [6.07, 6.45) is 7.10. The zero-order chi connectivity index (χ0) is 16.8. The predicted octanol–water partition coefficient (Wildman–Crippen LogP) is 3.01. The number of piperidine rings is 1. The predicted molar refractivity (Wildman–Crippen MR) is 97.7 cm³/mol. The van der Waals surface area contributed by atoms with Gasteiger partial charge in [0.15, 0.2) is 4.34 Å². The van der Waals surface area contributed by atoms with Crippen LogP contribution in [0.3, 0.4) is 0 Å². The molecule has 0 spiro atoms. The van der Waals surface area contributed by atoms with Crippen molar-refractivity contribution < 1.29 is 9.53 Å². The number of amides is 1. The third-order valence-corrected chi connectivity index (χ3v) is 6.65. The summed E-state index contributed by atoms with van der Waals surface area (Å²) in [5.41, 5.74) is 0. The Balaban J connectivity index is 1.43. The minimum absolute atomic E-state index is 0.232. The molecule has 2 fully saturated rings. The van der Waals surface area contributed by atoms with Gasteiger partial charge in [-0.1, -0.05) is 30.0 Å². The standard InChI is InChI=1S/C16H26N4O2S2/c1-2-12-6-3-4-8-20(12)14(21)11-23-16-19-18-15(24-16)17-10-13-7-5-9-22-13/h12-13H,2-11H2,1H3,(H,17,18). The average molecular weight is 371 g/mol. The molecular weight excluding hydrogens is 344 g/mol. The Labute approximate surface area is 151 Å². The monoisotopic (exact) mass is 370 g/mol. The van der Waals surface area contributed by atoms with E-state index < -0.39 is 0 Å². The summed E-state index contributed by atoms with van der Waals surface area (Å²) in [5, 5.41) is 12.4. The van der Waals surface area contributed by atoms with E-state index in [0.717, 1.165) is 61.3 Å². The normalized spacial score (nSPS) is 24.3. The van der Waals surface area contributed by atoms with Crippen LogP contribution in [0.1, 0.15) is 45.4 Å². The van der Waals surface area contributed by atoms with E-state index in [2.05, 4.69) is 27.3 Å². The molecule has 1 aromatic rings. The van der Waals surface area contributed by atoms with E-state index in [1.165, 1.54) is 29.5 Å². The fraction of sp³-hybridized carbons (Fsp3) is 0.812. The number of aromatic nitrogens is 2. The minimum Gasteiger partial charge on any atom is -0.376 e. The Kier molecular flexibility index (Phi) is 6.74. The number of anilines is 1. The Morgan fingerprint density at radius 2 is 2.29 bits per heavy atom. The zero-order valence-corrected chi connectivity index (χ0v) is 15.8. The smallest absolute Gasteiger partial charge is 0.233 e. The molecule has 0 bridgehead atoms. The van der Waals surface area contributed by atoms with Gasteiger partial charge in [-0.3, -0.25) is 4.79 Å². The van der Waals surface area contributed by atoms with Gasteiger partial charge < -0.3 is 15.0 Å². The number of rotatable bonds is 7. The molecule has 0 radical (unpaired) electrons. The van der Waals surface area contributed by atoms with E-state index in [1.54, 1.807) is 0 Å². The van der Waals surface area contributed by atoms with Crippen molar-refractivity contribution in [2.45, 2.75) is 61.9 Å². The molecule has 134 valence electrons. The number of nitrogens with one attached hydrogen (secondary N) is 1. The number of hydrogen-bond acceptors (Lipinski definition) is 7. The molecule has 2 unspecified atom stereocenters. The van der Waals surface area contributed by atoms with Gasteiger partial charge in [0, 0.05) is 25.7 Å². The molecule has 24 heavy (non-hydrogen) atoms. The molecule has 3 rings (SSSR count). The first-order chi connectivity index (χ1) is 11.8. The summed E-state index contributed by atoms with van der Waals surface area (Å²) < 4.78 is 6.44. The summed E-state index contributed by atoms with van der Waals surface area (Å²) >= 11 is 3.01. The fourth-order valence-electron chi connectivity index (χ4n) is 3.31. The SMILES string of the molecule is CCC1CCCCN1C(=O)CSc1nnc(NCC2CCCO2)s1. The van der Waals surface area contributed by atoms with Crippen LogP contribution in [0.5, 0.6) is 0 Å². The molecule has 2 saturated heterocycles. The van der Waals surface area contributed by atoms with Crippen LogP contribution in [0.4, 0.5) is 5.13 Å². The number of ether oxygens (including phenoxy) is 1. The van der Waals surface area contributed by atoms with Crippen LogP contribution in [0.15, 0.2) is 4.34 Å². The van der Waals surface area contributed by atoms with Crippen molar-refractivity contribution >= 4 is 34.1 Å².